The van der Waals surface area contributed by atoms with Crippen molar-refractivity contribution in [2.45, 2.75) is 24.0 Å². The second kappa shape index (κ2) is 8.39. The minimum absolute atomic E-state index is 0.0599. The monoisotopic (exact) mass is 422 g/mol. The van der Waals surface area contributed by atoms with Crippen LogP contribution in [0.25, 0.3) is 11.0 Å². The summed E-state index contributed by atoms with van der Waals surface area (Å²) in [5, 5.41) is 11.0. The number of imidazole rings is 1. The Kier molecular flexibility index (Phi) is 5.67. The smallest absolute Gasteiger partial charge is 0.297 e. The van der Waals surface area contributed by atoms with Gasteiger partial charge in [-0.2, -0.15) is 8.42 Å². The predicted molar refractivity (Wildman–Crippen MR) is 115 cm³/mol. The number of rotatable bonds is 7. The van der Waals surface area contributed by atoms with Gasteiger partial charge in [0.25, 0.3) is 10.1 Å². The molecule has 0 radical (unpaired) electrons. The summed E-state index contributed by atoms with van der Waals surface area (Å²) in [6.45, 7) is 1.49. The normalized spacial score (nSPS) is 13.9. The molecule has 0 aliphatic carbocycles. The van der Waals surface area contributed by atoms with E-state index in [4.69, 9.17) is 4.18 Å². The first-order chi connectivity index (χ1) is 14.5. The van der Waals surface area contributed by atoms with Crippen molar-refractivity contribution in [3.8, 4) is 0 Å². The van der Waals surface area contributed by atoms with Crippen molar-refractivity contribution in [1.82, 2.24) is 9.55 Å². The molecule has 6 nitrogen and oxygen atoms in total. The molecule has 2 atom stereocenters. The Morgan fingerprint density at radius 1 is 0.967 bits per heavy atom. The molecule has 0 saturated carbocycles. The van der Waals surface area contributed by atoms with E-state index in [0.29, 0.717) is 0 Å². The van der Waals surface area contributed by atoms with Crippen LogP contribution in [0.2, 0.25) is 0 Å². The number of aryl methyl sites for hydroxylation is 1. The van der Waals surface area contributed by atoms with Crippen LogP contribution in [0.4, 0.5) is 0 Å². The van der Waals surface area contributed by atoms with Crippen LogP contribution in [0.15, 0.2) is 90.1 Å². The van der Waals surface area contributed by atoms with Crippen LogP contribution in [-0.2, 0) is 14.3 Å². The summed E-state index contributed by atoms with van der Waals surface area (Å²) < 4.78 is 32.2. The Hall–Kier alpha value is -3.00. The lowest BCUT2D eigenvalue weighted by Gasteiger charge is -2.25. The molecular weight excluding hydrogens is 400 g/mol. The highest BCUT2D eigenvalue weighted by Crippen LogP contribution is 2.27. The molecule has 0 fully saturated rings. The zero-order valence-electron chi connectivity index (χ0n) is 16.4. The summed E-state index contributed by atoms with van der Waals surface area (Å²) in [5.41, 5.74) is 3.40. The van der Waals surface area contributed by atoms with Crippen LogP contribution < -0.4 is 0 Å². The minimum atomic E-state index is -3.98. The molecule has 3 aromatic carbocycles. The Bertz CT molecular complexity index is 1240. The van der Waals surface area contributed by atoms with Crippen LogP contribution in [0, 0.1) is 6.92 Å². The highest BCUT2D eigenvalue weighted by Gasteiger charge is 2.27. The maximum atomic E-state index is 12.6. The van der Waals surface area contributed by atoms with E-state index in [1.54, 1.807) is 18.5 Å². The zero-order chi connectivity index (χ0) is 21.1. The number of hydrogen-bond donors (Lipinski definition) is 1. The Balaban J connectivity index is 1.64. The quantitative estimate of drug-likeness (QED) is 0.459. The van der Waals surface area contributed by atoms with E-state index in [0.717, 1.165) is 22.2 Å². The first-order valence-corrected chi connectivity index (χ1v) is 11.0. The van der Waals surface area contributed by atoms with Crippen molar-refractivity contribution in [1.29, 1.82) is 0 Å². The van der Waals surface area contributed by atoms with Gasteiger partial charge in [0.05, 0.1) is 34.9 Å². The van der Waals surface area contributed by atoms with E-state index >= 15 is 0 Å². The molecule has 0 amide bonds. The van der Waals surface area contributed by atoms with Crippen LogP contribution in [0.1, 0.15) is 17.2 Å². The molecule has 0 spiro atoms. The van der Waals surface area contributed by atoms with Crippen molar-refractivity contribution in [3.05, 3.63) is 96.3 Å². The molecule has 154 valence electrons. The lowest BCUT2D eigenvalue weighted by Crippen LogP contribution is -2.30. The van der Waals surface area contributed by atoms with Crippen molar-refractivity contribution in [2.24, 2.45) is 0 Å². The van der Waals surface area contributed by atoms with Crippen LogP contribution in [0.3, 0.4) is 0 Å². The second-order valence-corrected chi connectivity index (χ2v) is 8.73. The Morgan fingerprint density at radius 3 is 2.37 bits per heavy atom. The second-order valence-electron chi connectivity index (χ2n) is 7.12. The Labute approximate surface area is 175 Å². The zero-order valence-corrected chi connectivity index (χ0v) is 17.2. The fourth-order valence-electron chi connectivity index (χ4n) is 3.44. The third-order valence-electron chi connectivity index (χ3n) is 4.99. The van der Waals surface area contributed by atoms with Crippen molar-refractivity contribution in [2.75, 3.05) is 6.61 Å². The predicted octanol–water partition coefficient (Wildman–Crippen LogP) is 3.70. The molecular formula is C23H22N2O4S. The molecule has 7 heteroatoms. The van der Waals surface area contributed by atoms with Gasteiger partial charge in [0.2, 0.25) is 0 Å². The molecule has 1 aromatic heterocycles. The molecule has 4 rings (SSSR count). The van der Waals surface area contributed by atoms with Gasteiger partial charge < -0.3 is 9.67 Å². The number of para-hydroxylation sites is 2. The summed E-state index contributed by atoms with van der Waals surface area (Å²) in [6.07, 6.45) is 0.533. The van der Waals surface area contributed by atoms with E-state index in [-0.39, 0.29) is 11.5 Å². The SMILES string of the molecule is Cc1ccc(S(=O)(=O)OCC(O)C(c2ccccc2)n2cnc3ccccc32)cc1. The minimum Gasteiger partial charge on any atom is -0.388 e. The van der Waals surface area contributed by atoms with Crippen molar-refractivity contribution in [3.63, 3.8) is 0 Å². The molecule has 1 heterocycles. The standard InChI is InChI=1S/C23H22N2O4S/c1-17-11-13-19(14-12-17)30(27,28)29-15-22(26)23(18-7-3-2-4-8-18)25-16-24-20-9-5-6-10-21(20)25/h2-14,16,22-23,26H,15H2,1H3. The van der Waals surface area contributed by atoms with E-state index in [9.17, 15) is 13.5 Å². The molecule has 1 N–H and O–H groups in total. The van der Waals surface area contributed by atoms with Gasteiger partial charge in [-0.25, -0.2) is 4.98 Å². The molecule has 2 unspecified atom stereocenters. The van der Waals surface area contributed by atoms with Gasteiger partial charge >= 0.3 is 0 Å². The van der Waals surface area contributed by atoms with Gasteiger partial charge in [-0.15, -0.1) is 0 Å². The fraction of sp³-hybridized carbons (Fsp3) is 0.174. The summed E-state index contributed by atoms with van der Waals surface area (Å²) in [7, 11) is -3.98. The summed E-state index contributed by atoms with van der Waals surface area (Å²) in [6, 6.07) is 22.8. The Morgan fingerprint density at radius 2 is 1.63 bits per heavy atom. The average molecular weight is 423 g/mol. The molecule has 0 bridgehead atoms. The lowest BCUT2D eigenvalue weighted by atomic mass is 10.0. The van der Waals surface area contributed by atoms with Crippen LogP contribution >= 0.6 is 0 Å². The average Bonchev–Trinajstić information content (AvgIpc) is 3.18. The first kappa shape index (κ1) is 20.3. The van der Waals surface area contributed by atoms with E-state index in [1.807, 2.05) is 66.1 Å². The number of aromatic nitrogens is 2. The first-order valence-electron chi connectivity index (χ1n) is 9.56. The lowest BCUT2D eigenvalue weighted by molar-refractivity contribution is 0.0783. The van der Waals surface area contributed by atoms with E-state index in [1.165, 1.54) is 12.1 Å². The largest absolute Gasteiger partial charge is 0.388 e. The van der Waals surface area contributed by atoms with Gasteiger partial charge in [-0.1, -0.05) is 60.2 Å². The van der Waals surface area contributed by atoms with Gasteiger partial charge in [-0.05, 0) is 36.8 Å². The number of hydrogen-bond acceptors (Lipinski definition) is 5. The summed E-state index contributed by atoms with van der Waals surface area (Å²) >= 11 is 0. The third kappa shape index (κ3) is 4.14. The molecule has 0 aliphatic heterocycles. The molecule has 0 aliphatic rings. The van der Waals surface area contributed by atoms with Crippen molar-refractivity contribution < 1.29 is 17.7 Å². The number of nitrogens with zero attached hydrogens (tertiary/aromatic N) is 2. The van der Waals surface area contributed by atoms with Gasteiger partial charge in [0.15, 0.2) is 0 Å². The maximum absolute atomic E-state index is 12.6. The van der Waals surface area contributed by atoms with Crippen LogP contribution in [-0.4, -0.2) is 35.8 Å². The fourth-order valence-corrected chi connectivity index (χ4v) is 4.37. The molecule has 0 saturated heterocycles. The topological polar surface area (TPSA) is 81.4 Å². The number of benzene rings is 3. The highest BCUT2D eigenvalue weighted by atomic mass is 32.2. The third-order valence-corrected chi connectivity index (χ3v) is 6.29. The van der Waals surface area contributed by atoms with E-state index < -0.39 is 22.3 Å². The molecule has 4 aromatic rings. The number of aliphatic hydroxyl groups excluding tert-OH is 1. The van der Waals surface area contributed by atoms with Crippen LogP contribution in [0.5, 0.6) is 0 Å². The summed E-state index contributed by atoms with van der Waals surface area (Å²) in [5.74, 6) is 0. The number of fused-ring (bicyclic) bond motifs is 1. The summed E-state index contributed by atoms with van der Waals surface area (Å²) in [4.78, 5) is 4.46. The molecule has 30 heavy (non-hydrogen) atoms. The number of aliphatic hydroxyl groups is 1. The van der Waals surface area contributed by atoms with Gasteiger partial charge in [-0.3, -0.25) is 4.18 Å². The van der Waals surface area contributed by atoms with Gasteiger partial charge in [0.1, 0.15) is 6.10 Å². The van der Waals surface area contributed by atoms with Gasteiger partial charge in [0, 0.05) is 0 Å². The maximum Gasteiger partial charge on any atom is 0.297 e. The highest BCUT2D eigenvalue weighted by molar-refractivity contribution is 7.86. The van der Waals surface area contributed by atoms with E-state index in [2.05, 4.69) is 4.98 Å². The van der Waals surface area contributed by atoms with Crippen molar-refractivity contribution >= 4 is 21.2 Å².